The van der Waals surface area contributed by atoms with Gasteiger partial charge in [-0.1, -0.05) is 15.9 Å². The first-order valence-corrected chi connectivity index (χ1v) is 7.62. The zero-order valence-corrected chi connectivity index (χ0v) is 21.4. The zero-order chi connectivity index (χ0) is 22.3. The maximum atomic E-state index is 10.2. The van der Waals surface area contributed by atoms with Gasteiger partial charge in [-0.05, 0) is 0 Å². The van der Waals surface area contributed by atoms with Crippen LogP contribution in [0.5, 0.6) is 0 Å². The molecule has 1 atom stereocenters. The monoisotopic (exact) mass is 828 g/mol. The quantitative estimate of drug-likeness (QED) is 0.181. The summed E-state index contributed by atoms with van der Waals surface area (Å²) in [5, 5.41) is 20.1. The Morgan fingerprint density at radius 1 is 0.741 bits per heavy atom. The molecular formula is C12H7BrO10Re2S2. The fourth-order valence-electron chi connectivity index (χ4n) is 0.434. The Kier molecular flexibility index (Phi) is 175. The molecule has 0 amide bonds. The predicted octanol–water partition coefficient (Wildman–Crippen LogP) is -3.71. The molecule has 0 aliphatic heterocycles. The molecule has 0 aromatic carbocycles. The van der Waals surface area contributed by atoms with Crippen molar-refractivity contribution in [3.8, 4) is 0 Å². The van der Waals surface area contributed by atoms with Crippen molar-refractivity contribution in [2.75, 3.05) is 17.3 Å². The number of hydrogen-bond donors (Lipinski definition) is 0. The Labute approximate surface area is 201 Å². The molecule has 0 saturated carbocycles. The van der Waals surface area contributed by atoms with Crippen LogP contribution >= 0.6 is 39.5 Å². The van der Waals surface area contributed by atoms with Gasteiger partial charge in [-0.2, -0.15) is 11.8 Å². The molecule has 0 bridgehead atoms. The topological polar surface area (TPSA) is 183 Å². The van der Waals surface area contributed by atoms with Crippen LogP contribution in [0, 0.1) is 0 Å². The minimum atomic E-state index is -1.17. The van der Waals surface area contributed by atoms with Gasteiger partial charge in [0.05, 0.1) is 16.1 Å². The van der Waals surface area contributed by atoms with Crippen molar-refractivity contribution >= 4 is 92.1 Å². The fraction of sp³-hybridized carbons (Fsp3) is 0.333. The first-order chi connectivity index (χ1) is 12.0. The molecule has 10 nitrogen and oxygen atoms in total. The molecule has 27 heavy (non-hydrogen) atoms. The fourth-order valence-corrected chi connectivity index (χ4v) is 2.51. The van der Waals surface area contributed by atoms with Gasteiger partial charge in [-0.15, -0.1) is 11.8 Å². The van der Waals surface area contributed by atoms with Gasteiger partial charge in [-0.3, -0.25) is 28.8 Å². The van der Waals surface area contributed by atoms with Crippen LogP contribution in [0.3, 0.4) is 0 Å². The van der Waals surface area contributed by atoms with Gasteiger partial charge >= 0.3 is 40.8 Å². The normalized spacial score (nSPS) is 6.85. The molecule has 12 radical (unpaired) electrons. The molecule has 0 unspecified atom stereocenters. The number of aliphatic carboxylic acids is 2. The Morgan fingerprint density at radius 3 is 1.26 bits per heavy atom. The van der Waals surface area contributed by atoms with E-state index in [1.54, 1.807) is 0 Å². The molecule has 15 heteroatoms. The smallest absolute Gasteiger partial charge is 0.549 e. The minimum absolute atomic E-state index is 0. The molecule has 0 aromatic heterocycles. The summed E-state index contributed by atoms with van der Waals surface area (Å²) in [5.41, 5.74) is 0. The molecule has 0 aliphatic carbocycles. The first-order valence-electron chi connectivity index (χ1n) is 4.50. The third-order valence-corrected chi connectivity index (χ3v) is 4.18. The van der Waals surface area contributed by atoms with E-state index in [-0.39, 0.29) is 46.6 Å². The van der Waals surface area contributed by atoms with E-state index in [2.05, 4.69) is 56.7 Å². The molecular weight excluding hydrogens is 821 g/mol. The zero-order valence-electron chi connectivity index (χ0n) is 12.7. The van der Waals surface area contributed by atoms with Crippen molar-refractivity contribution in [2.45, 2.75) is 4.16 Å². The van der Waals surface area contributed by atoms with Gasteiger partial charge in [0.1, 0.15) is 0 Å². The first kappa shape index (κ1) is 56.3. The van der Waals surface area contributed by atoms with Crippen molar-refractivity contribution in [3.05, 3.63) is 0 Å². The second-order valence-corrected chi connectivity index (χ2v) is 5.77. The van der Waals surface area contributed by atoms with Crippen LogP contribution < -0.4 is 10.2 Å². The van der Waals surface area contributed by atoms with Crippen molar-refractivity contribution in [1.82, 2.24) is 0 Å². The average molecular weight is 828 g/mol. The van der Waals surface area contributed by atoms with Crippen LogP contribution in [0.15, 0.2) is 0 Å². The number of carbonyl (C=O) groups excluding carboxylic acids is 8. The maximum absolute atomic E-state index is 10.2. The van der Waals surface area contributed by atoms with Crippen LogP contribution in [0.4, 0.5) is 0 Å². The van der Waals surface area contributed by atoms with Crippen LogP contribution in [-0.4, -0.2) is 74.1 Å². The van der Waals surface area contributed by atoms with E-state index in [4.69, 9.17) is 28.8 Å². The van der Waals surface area contributed by atoms with Crippen molar-refractivity contribution in [2.24, 2.45) is 0 Å². The Balaban J connectivity index is -0.0000000282. The van der Waals surface area contributed by atoms with E-state index >= 15 is 0 Å². The molecule has 0 heterocycles. The molecule has 0 rings (SSSR count). The summed E-state index contributed by atoms with van der Waals surface area (Å²) in [6.45, 7) is 27.0. The number of alkyl halides is 1. The molecule has 0 aliphatic rings. The van der Waals surface area contributed by atoms with Gasteiger partial charge in [0.15, 0.2) is 0 Å². The van der Waals surface area contributed by atoms with E-state index in [0.717, 1.165) is 11.8 Å². The van der Waals surface area contributed by atoms with Gasteiger partial charge < -0.3 is 19.8 Å². The minimum Gasteiger partial charge on any atom is -0.549 e. The Bertz CT molecular complexity index is 269. The molecule has 0 N–H and O–H groups in total. The number of thioether (sulfide) groups is 2. The van der Waals surface area contributed by atoms with Crippen LogP contribution in [0.25, 0.3) is 0 Å². The standard InChI is InChI=1S/C6H9BrO4S2.6CO.2Re/c7-5(6(10)11)13-2-1-12-3-4(8)9;6*1-2;;/h5H,1-3H2,(H,8,9)(H,10,11);;;;;;;;/q;;;;;;;2*+1/p-2/t5-;;;;;;;;/m1......../s1. The van der Waals surface area contributed by atoms with Crippen molar-refractivity contribution in [3.63, 3.8) is 0 Å². The molecule has 0 saturated heterocycles. The molecule has 0 spiro atoms. The number of carboxylic acids is 2. The summed E-state index contributed by atoms with van der Waals surface area (Å²) in [6.07, 6.45) is 0. The number of carbonyl (C=O) groups is 2. The molecule has 0 aromatic rings. The van der Waals surface area contributed by atoms with E-state index in [1.807, 2.05) is 0 Å². The molecule has 148 valence electrons. The van der Waals surface area contributed by atoms with Gasteiger partial charge in [-0.25, -0.2) is 0 Å². The van der Waals surface area contributed by atoms with E-state index in [9.17, 15) is 19.8 Å². The summed E-state index contributed by atoms with van der Waals surface area (Å²) < 4.78 is -0.726. The SMILES string of the molecule is O=C([O-])CSCCS[C@@H](Br)C(=O)[O-].[C]=O.[C]=O.[C]=O.[C]=O.[C]=O.[C]=O.[Re+].[Re+]. The number of carboxylic acid groups (broad SMARTS) is 2. The van der Waals surface area contributed by atoms with Crippen LogP contribution in [-0.2, 0) is 79.2 Å². The third kappa shape index (κ3) is 107. The summed E-state index contributed by atoms with van der Waals surface area (Å²) in [5.74, 6) is -1.20. The van der Waals surface area contributed by atoms with Crippen LogP contribution in [0.2, 0.25) is 0 Å². The Morgan fingerprint density at radius 2 is 1.04 bits per heavy atom. The van der Waals surface area contributed by atoms with Crippen molar-refractivity contribution < 1.29 is 89.4 Å². The third-order valence-electron chi connectivity index (χ3n) is 0.897. The summed E-state index contributed by atoms with van der Waals surface area (Å²) in [6, 6.07) is 0. The van der Waals surface area contributed by atoms with Crippen LogP contribution in [0.1, 0.15) is 0 Å². The summed E-state index contributed by atoms with van der Waals surface area (Å²) in [7, 11) is 0. The van der Waals surface area contributed by atoms with Gasteiger partial charge in [0.25, 0.3) is 40.7 Å². The van der Waals surface area contributed by atoms with Crippen molar-refractivity contribution in [1.29, 1.82) is 0 Å². The van der Waals surface area contributed by atoms with Gasteiger partial charge in [0.2, 0.25) is 0 Å². The van der Waals surface area contributed by atoms with E-state index < -0.39 is 16.1 Å². The summed E-state index contributed by atoms with van der Waals surface area (Å²) in [4.78, 5) is 65.1. The number of halogens is 1. The largest absolute Gasteiger partial charge is 1.00 e. The van der Waals surface area contributed by atoms with Gasteiger partial charge in [0, 0.05) is 17.3 Å². The van der Waals surface area contributed by atoms with E-state index in [1.165, 1.54) is 11.8 Å². The average Bonchev–Trinajstić information content (AvgIpc) is 2.70. The number of rotatable bonds is 7. The molecule has 0 fully saturated rings. The summed E-state index contributed by atoms with van der Waals surface area (Å²) >= 11 is 5.24. The second-order valence-electron chi connectivity index (χ2n) is 1.93. The Hall–Kier alpha value is -0.535. The number of hydrogen-bond acceptors (Lipinski definition) is 12. The predicted molar refractivity (Wildman–Crippen MR) is 86.7 cm³/mol. The maximum Gasteiger partial charge on any atom is 1.00 e. The van der Waals surface area contributed by atoms with E-state index in [0.29, 0.717) is 11.5 Å². The second kappa shape index (κ2) is 84.1.